The molecule has 0 spiro atoms. The molecule has 0 aliphatic rings. The van der Waals surface area contributed by atoms with Gasteiger partial charge in [0.25, 0.3) is 0 Å². The van der Waals surface area contributed by atoms with E-state index in [4.69, 9.17) is 4.74 Å². The molecular formula is C21H28N4O2S. The molecule has 0 saturated heterocycles. The van der Waals surface area contributed by atoms with Gasteiger partial charge in [-0.25, -0.2) is 4.99 Å². The number of carbonyl (C=O) groups excluding carboxylic acids is 1. The molecule has 0 aliphatic heterocycles. The Bertz CT molecular complexity index is 736. The lowest BCUT2D eigenvalue weighted by Gasteiger charge is -2.11. The Labute approximate surface area is 171 Å². The van der Waals surface area contributed by atoms with Crippen molar-refractivity contribution in [2.24, 2.45) is 4.99 Å². The Kier molecular flexibility index (Phi) is 9.79. The zero-order chi connectivity index (χ0) is 20.0. The van der Waals surface area contributed by atoms with Gasteiger partial charge < -0.3 is 20.7 Å². The molecule has 0 saturated carbocycles. The summed E-state index contributed by atoms with van der Waals surface area (Å²) in [4.78, 5) is 17.7. The minimum absolute atomic E-state index is 0.0807. The molecule has 2 rings (SSSR count). The summed E-state index contributed by atoms with van der Waals surface area (Å²) in [5, 5.41) is 9.29. The number of nitrogens with one attached hydrogen (secondary N) is 3. The van der Waals surface area contributed by atoms with Gasteiger partial charge >= 0.3 is 0 Å². The topological polar surface area (TPSA) is 74.8 Å². The molecule has 0 bridgehead atoms. The van der Waals surface area contributed by atoms with E-state index < -0.39 is 0 Å². The molecule has 150 valence electrons. The van der Waals surface area contributed by atoms with Crippen LogP contribution in [0.25, 0.3) is 0 Å². The van der Waals surface area contributed by atoms with Gasteiger partial charge in [-0.1, -0.05) is 30.3 Å². The molecule has 0 unspecified atom stereocenters. The predicted molar refractivity (Wildman–Crippen MR) is 116 cm³/mol. The van der Waals surface area contributed by atoms with Crippen molar-refractivity contribution in [3.63, 3.8) is 0 Å². The number of methoxy groups -OCH3 is 1. The number of guanidine groups is 1. The second-order valence-corrected chi connectivity index (χ2v) is 7.08. The maximum Gasteiger partial charge on any atom is 0.242 e. The van der Waals surface area contributed by atoms with Gasteiger partial charge in [-0.3, -0.25) is 4.79 Å². The van der Waals surface area contributed by atoms with Gasteiger partial charge in [-0.05, 0) is 36.8 Å². The number of hydrogen-bond donors (Lipinski definition) is 3. The smallest absolute Gasteiger partial charge is 0.242 e. The van der Waals surface area contributed by atoms with E-state index in [9.17, 15) is 4.79 Å². The lowest BCUT2D eigenvalue weighted by molar-refractivity contribution is -0.119. The molecule has 0 radical (unpaired) electrons. The normalized spacial score (nSPS) is 11.0. The zero-order valence-electron chi connectivity index (χ0n) is 16.4. The lowest BCUT2D eigenvalue weighted by Crippen LogP contribution is -2.39. The number of amides is 1. The highest BCUT2D eigenvalue weighted by atomic mass is 32.2. The fourth-order valence-corrected chi connectivity index (χ4v) is 3.14. The summed E-state index contributed by atoms with van der Waals surface area (Å²) in [5.41, 5.74) is 1.01. The first-order chi connectivity index (χ1) is 13.7. The van der Waals surface area contributed by atoms with Gasteiger partial charge in [0.15, 0.2) is 5.96 Å². The van der Waals surface area contributed by atoms with Crippen molar-refractivity contribution in [3.05, 3.63) is 60.2 Å². The average Bonchev–Trinajstić information content (AvgIpc) is 2.74. The van der Waals surface area contributed by atoms with Crippen molar-refractivity contribution in [2.75, 3.05) is 32.5 Å². The maximum absolute atomic E-state index is 12.1. The molecule has 0 atom stereocenters. The third kappa shape index (κ3) is 8.35. The van der Waals surface area contributed by atoms with Gasteiger partial charge in [0.1, 0.15) is 12.3 Å². The zero-order valence-corrected chi connectivity index (χ0v) is 17.2. The molecule has 1 amide bonds. The summed E-state index contributed by atoms with van der Waals surface area (Å²) in [6, 6.07) is 17.9. The Morgan fingerprint density at radius 1 is 1.04 bits per heavy atom. The molecule has 28 heavy (non-hydrogen) atoms. The summed E-state index contributed by atoms with van der Waals surface area (Å²) in [6.07, 6.45) is 0. The number of thioether (sulfide) groups is 1. The number of ether oxygens (including phenoxy) is 1. The van der Waals surface area contributed by atoms with Crippen molar-refractivity contribution in [2.45, 2.75) is 18.4 Å². The van der Waals surface area contributed by atoms with E-state index in [1.165, 1.54) is 4.90 Å². The predicted octanol–water partition coefficient (Wildman–Crippen LogP) is 2.66. The summed E-state index contributed by atoms with van der Waals surface area (Å²) in [5.74, 6) is 2.24. The van der Waals surface area contributed by atoms with E-state index in [0.717, 1.165) is 30.2 Å². The molecule has 6 nitrogen and oxygen atoms in total. The molecule has 7 heteroatoms. The van der Waals surface area contributed by atoms with E-state index in [1.54, 1.807) is 18.9 Å². The standard InChI is InChI=1S/C21H28N4O2S/c1-3-22-21(23-13-14-28-19-7-5-4-6-8-19)25-16-20(26)24-15-17-9-11-18(27-2)12-10-17/h4-12H,3,13-16H2,1-2H3,(H,24,26)(H2,22,23,25). The number of aliphatic imine (C=N–C) groups is 1. The first-order valence-electron chi connectivity index (χ1n) is 9.31. The van der Waals surface area contributed by atoms with Gasteiger partial charge in [0.05, 0.1) is 7.11 Å². The van der Waals surface area contributed by atoms with Crippen LogP contribution in [-0.2, 0) is 11.3 Å². The Morgan fingerprint density at radius 2 is 1.79 bits per heavy atom. The molecular weight excluding hydrogens is 372 g/mol. The van der Waals surface area contributed by atoms with Crippen molar-refractivity contribution < 1.29 is 9.53 Å². The summed E-state index contributed by atoms with van der Waals surface area (Å²) in [7, 11) is 1.63. The molecule has 3 N–H and O–H groups in total. The minimum atomic E-state index is -0.119. The first kappa shape index (κ1) is 21.6. The number of carbonyl (C=O) groups is 1. The quantitative estimate of drug-likeness (QED) is 0.247. The fraction of sp³-hybridized carbons (Fsp3) is 0.333. The minimum Gasteiger partial charge on any atom is -0.497 e. The van der Waals surface area contributed by atoms with Crippen LogP contribution in [0.3, 0.4) is 0 Å². The van der Waals surface area contributed by atoms with E-state index in [-0.39, 0.29) is 12.5 Å². The number of hydrogen-bond acceptors (Lipinski definition) is 4. The third-order valence-electron chi connectivity index (χ3n) is 3.78. The van der Waals surface area contributed by atoms with Crippen molar-refractivity contribution >= 4 is 23.6 Å². The highest BCUT2D eigenvalue weighted by Gasteiger charge is 2.03. The van der Waals surface area contributed by atoms with E-state index in [0.29, 0.717) is 12.5 Å². The van der Waals surface area contributed by atoms with Crippen molar-refractivity contribution in [1.29, 1.82) is 0 Å². The number of benzene rings is 2. The molecule has 0 heterocycles. The van der Waals surface area contributed by atoms with Gasteiger partial charge in [-0.15, -0.1) is 11.8 Å². The van der Waals surface area contributed by atoms with Crippen LogP contribution in [0.15, 0.2) is 64.5 Å². The van der Waals surface area contributed by atoms with Crippen LogP contribution in [0.1, 0.15) is 12.5 Å². The average molecular weight is 401 g/mol. The van der Waals surface area contributed by atoms with Crippen LogP contribution in [0.2, 0.25) is 0 Å². The van der Waals surface area contributed by atoms with E-state index in [2.05, 4.69) is 33.1 Å². The highest BCUT2D eigenvalue weighted by molar-refractivity contribution is 7.99. The van der Waals surface area contributed by atoms with Crippen LogP contribution in [0, 0.1) is 0 Å². The van der Waals surface area contributed by atoms with Gasteiger partial charge in [-0.2, -0.15) is 0 Å². The van der Waals surface area contributed by atoms with Crippen LogP contribution in [0.5, 0.6) is 5.75 Å². The summed E-state index contributed by atoms with van der Waals surface area (Å²) in [6.45, 7) is 4.05. The Balaban J connectivity index is 1.71. The molecule has 0 aromatic heterocycles. The summed E-state index contributed by atoms with van der Waals surface area (Å²) < 4.78 is 5.13. The number of nitrogens with zero attached hydrogens (tertiary/aromatic N) is 1. The molecule has 2 aromatic carbocycles. The summed E-state index contributed by atoms with van der Waals surface area (Å²) >= 11 is 1.78. The van der Waals surface area contributed by atoms with Gasteiger partial charge in [0, 0.05) is 30.3 Å². The maximum atomic E-state index is 12.1. The second kappa shape index (κ2) is 12.7. The lowest BCUT2D eigenvalue weighted by atomic mass is 10.2. The van der Waals surface area contributed by atoms with Gasteiger partial charge in [0.2, 0.25) is 5.91 Å². The van der Waals surface area contributed by atoms with Crippen molar-refractivity contribution in [1.82, 2.24) is 16.0 Å². The monoisotopic (exact) mass is 400 g/mol. The van der Waals surface area contributed by atoms with Crippen LogP contribution in [-0.4, -0.2) is 44.4 Å². The Morgan fingerprint density at radius 3 is 2.46 bits per heavy atom. The highest BCUT2D eigenvalue weighted by Crippen LogP contribution is 2.15. The Hall–Kier alpha value is -2.67. The van der Waals surface area contributed by atoms with E-state index >= 15 is 0 Å². The SMILES string of the molecule is CCNC(=NCC(=O)NCc1ccc(OC)cc1)NCCSc1ccccc1. The van der Waals surface area contributed by atoms with E-state index in [1.807, 2.05) is 49.4 Å². The van der Waals surface area contributed by atoms with Crippen LogP contribution in [0.4, 0.5) is 0 Å². The van der Waals surface area contributed by atoms with Crippen molar-refractivity contribution in [3.8, 4) is 5.75 Å². The molecule has 2 aromatic rings. The largest absolute Gasteiger partial charge is 0.497 e. The molecule has 0 fully saturated rings. The van der Waals surface area contributed by atoms with Crippen LogP contribution < -0.4 is 20.7 Å². The molecule has 0 aliphatic carbocycles. The third-order valence-corrected chi connectivity index (χ3v) is 4.79. The van der Waals surface area contributed by atoms with Crippen LogP contribution >= 0.6 is 11.8 Å². The fourth-order valence-electron chi connectivity index (χ4n) is 2.35. The second-order valence-electron chi connectivity index (χ2n) is 5.91. The number of rotatable bonds is 10. The first-order valence-corrected chi connectivity index (χ1v) is 10.3.